The van der Waals surface area contributed by atoms with Gasteiger partial charge in [-0.15, -0.1) is 0 Å². The highest BCUT2D eigenvalue weighted by Crippen LogP contribution is 2.17. The smallest absolute Gasteiger partial charge is 0.243 e. The third kappa shape index (κ3) is 5.95. The molecule has 0 fully saturated rings. The molecule has 2 aromatic carbocycles. The van der Waals surface area contributed by atoms with E-state index in [-0.39, 0.29) is 11.8 Å². The number of nitrogens with zero attached hydrogens (tertiary/aromatic N) is 1. The third-order valence-electron chi connectivity index (χ3n) is 4.72. The molecule has 1 N–H and O–H groups in total. The summed E-state index contributed by atoms with van der Waals surface area (Å²) in [5, 5.41) is 2.98. The Morgan fingerprint density at radius 1 is 1.00 bits per heavy atom. The summed E-state index contributed by atoms with van der Waals surface area (Å²) >= 11 is 0. The normalized spacial score (nSPS) is 11.7. The molecule has 27 heavy (non-hydrogen) atoms. The van der Waals surface area contributed by atoms with Crippen molar-refractivity contribution in [1.29, 1.82) is 0 Å². The molecule has 0 radical (unpaired) electrons. The fraction of sp³-hybridized carbons (Fsp3) is 0.391. The van der Waals surface area contributed by atoms with Gasteiger partial charge in [0.05, 0.1) is 0 Å². The molecule has 0 saturated heterocycles. The van der Waals surface area contributed by atoms with Crippen molar-refractivity contribution in [2.45, 2.75) is 52.6 Å². The molecule has 4 nitrogen and oxygen atoms in total. The molecule has 144 valence electrons. The molecule has 2 amide bonds. The number of hydrogen-bond donors (Lipinski definition) is 1. The average molecular weight is 367 g/mol. The predicted molar refractivity (Wildman–Crippen MR) is 109 cm³/mol. The number of hydrogen-bond acceptors (Lipinski definition) is 2. The number of amides is 2. The molecule has 0 aliphatic heterocycles. The molecule has 2 aromatic rings. The van der Waals surface area contributed by atoms with Gasteiger partial charge in [-0.3, -0.25) is 9.59 Å². The Balaban J connectivity index is 2.34. The molecular weight excluding hydrogens is 336 g/mol. The molecule has 0 unspecified atom stereocenters. The van der Waals surface area contributed by atoms with E-state index in [0.29, 0.717) is 25.9 Å². The molecule has 0 aromatic heterocycles. The van der Waals surface area contributed by atoms with Crippen LogP contribution in [0.3, 0.4) is 0 Å². The van der Waals surface area contributed by atoms with Crippen molar-refractivity contribution in [1.82, 2.24) is 10.2 Å². The third-order valence-corrected chi connectivity index (χ3v) is 4.72. The molecule has 0 saturated carbocycles. The van der Waals surface area contributed by atoms with Gasteiger partial charge in [0.1, 0.15) is 6.04 Å². The second-order valence-corrected chi connectivity index (χ2v) is 6.80. The van der Waals surface area contributed by atoms with E-state index < -0.39 is 6.04 Å². The first-order chi connectivity index (χ1) is 13.1. The summed E-state index contributed by atoms with van der Waals surface area (Å²) < 4.78 is 0. The van der Waals surface area contributed by atoms with Crippen molar-refractivity contribution < 1.29 is 9.59 Å². The van der Waals surface area contributed by atoms with Crippen LogP contribution in [-0.2, 0) is 22.6 Å². The van der Waals surface area contributed by atoms with Crippen molar-refractivity contribution in [2.75, 3.05) is 6.54 Å². The maximum Gasteiger partial charge on any atom is 0.243 e. The van der Waals surface area contributed by atoms with Gasteiger partial charge in [0.2, 0.25) is 11.8 Å². The lowest BCUT2D eigenvalue weighted by atomic mass is 10.0. The topological polar surface area (TPSA) is 49.4 Å². The minimum absolute atomic E-state index is 0.00849. The Hall–Kier alpha value is -2.62. The van der Waals surface area contributed by atoms with Crippen LogP contribution in [0.25, 0.3) is 0 Å². The molecule has 0 aliphatic rings. The number of aryl methyl sites for hydroxylation is 1. The number of carbonyl (C=O) groups is 2. The van der Waals surface area contributed by atoms with Crippen LogP contribution in [0.2, 0.25) is 0 Å². The van der Waals surface area contributed by atoms with E-state index >= 15 is 0 Å². The first-order valence-corrected chi connectivity index (χ1v) is 9.72. The summed E-state index contributed by atoms with van der Waals surface area (Å²) in [6, 6.07) is 17.4. The van der Waals surface area contributed by atoms with E-state index in [0.717, 1.165) is 23.1 Å². The Morgan fingerprint density at radius 3 is 2.30 bits per heavy atom. The second-order valence-electron chi connectivity index (χ2n) is 6.80. The lowest BCUT2D eigenvalue weighted by Crippen LogP contribution is -2.50. The lowest BCUT2D eigenvalue weighted by molar-refractivity contribution is -0.141. The SMILES string of the molecule is CCCNC(=O)[C@@H](Cc1ccccc1)N(Cc1ccccc1C)C(=O)CC. The Morgan fingerprint density at radius 2 is 1.67 bits per heavy atom. The molecular formula is C23H30N2O2. The maximum atomic E-state index is 12.9. The summed E-state index contributed by atoms with van der Waals surface area (Å²) in [5.74, 6) is -0.0954. The van der Waals surface area contributed by atoms with Gasteiger partial charge in [-0.1, -0.05) is 68.4 Å². The fourth-order valence-electron chi connectivity index (χ4n) is 3.09. The minimum atomic E-state index is -0.522. The first kappa shape index (κ1) is 20.7. The molecule has 2 rings (SSSR count). The zero-order chi connectivity index (χ0) is 19.6. The number of nitrogens with one attached hydrogen (secondary N) is 1. The Kier molecular flexibility index (Phi) is 8.05. The van der Waals surface area contributed by atoms with Crippen LogP contribution in [-0.4, -0.2) is 29.3 Å². The molecule has 1 atom stereocenters. The molecule has 4 heteroatoms. The predicted octanol–water partition coefficient (Wildman–Crippen LogP) is 3.87. The van der Waals surface area contributed by atoms with Gasteiger partial charge in [0.25, 0.3) is 0 Å². The molecule has 0 spiro atoms. The quantitative estimate of drug-likeness (QED) is 0.732. The van der Waals surface area contributed by atoms with Gasteiger partial charge in [-0.05, 0) is 30.0 Å². The summed E-state index contributed by atoms with van der Waals surface area (Å²) in [6.45, 7) is 6.96. The van der Waals surface area contributed by atoms with Crippen molar-refractivity contribution in [3.05, 3.63) is 71.3 Å². The van der Waals surface area contributed by atoms with Crippen LogP contribution in [0, 0.1) is 6.92 Å². The maximum absolute atomic E-state index is 12.9. The van der Waals surface area contributed by atoms with Crippen molar-refractivity contribution in [3.63, 3.8) is 0 Å². The summed E-state index contributed by atoms with van der Waals surface area (Å²) in [6.07, 6.45) is 1.75. The van der Waals surface area contributed by atoms with E-state index in [1.165, 1.54) is 0 Å². The molecule has 0 aliphatic carbocycles. The highest BCUT2D eigenvalue weighted by molar-refractivity contribution is 5.87. The zero-order valence-corrected chi connectivity index (χ0v) is 16.6. The monoisotopic (exact) mass is 366 g/mol. The van der Waals surface area contributed by atoms with Gasteiger partial charge >= 0.3 is 0 Å². The average Bonchev–Trinajstić information content (AvgIpc) is 2.70. The first-order valence-electron chi connectivity index (χ1n) is 9.72. The van der Waals surface area contributed by atoms with Crippen LogP contribution in [0.15, 0.2) is 54.6 Å². The van der Waals surface area contributed by atoms with E-state index in [1.807, 2.05) is 75.4 Å². The van der Waals surface area contributed by atoms with Gasteiger partial charge in [-0.25, -0.2) is 0 Å². The van der Waals surface area contributed by atoms with E-state index in [2.05, 4.69) is 5.32 Å². The van der Waals surface area contributed by atoms with E-state index in [4.69, 9.17) is 0 Å². The van der Waals surface area contributed by atoms with E-state index in [9.17, 15) is 9.59 Å². The summed E-state index contributed by atoms with van der Waals surface area (Å²) in [7, 11) is 0. The minimum Gasteiger partial charge on any atom is -0.354 e. The van der Waals surface area contributed by atoms with Crippen molar-refractivity contribution >= 4 is 11.8 Å². The van der Waals surface area contributed by atoms with Crippen LogP contribution in [0.5, 0.6) is 0 Å². The van der Waals surface area contributed by atoms with Crippen LogP contribution in [0.1, 0.15) is 43.4 Å². The molecule has 0 bridgehead atoms. The van der Waals surface area contributed by atoms with Gasteiger partial charge < -0.3 is 10.2 Å². The van der Waals surface area contributed by atoms with Gasteiger partial charge in [0.15, 0.2) is 0 Å². The van der Waals surface area contributed by atoms with Gasteiger partial charge in [-0.2, -0.15) is 0 Å². The highest BCUT2D eigenvalue weighted by atomic mass is 16.2. The van der Waals surface area contributed by atoms with Crippen LogP contribution in [0.4, 0.5) is 0 Å². The lowest BCUT2D eigenvalue weighted by Gasteiger charge is -2.31. The largest absolute Gasteiger partial charge is 0.354 e. The van der Waals surface area contributed by atoms with Crippen molar-refractivity contribution in [2.24, 2.45) is 0 Å². The number of benzene rings is 2. The standard InChI is InChI=1S/C23H30N2O2/c1-4-15-24-23(27)21(16-19-12-7-6-8-13-19)25(22(26)5-2)17-20-14-10-9-11-18(20)3/h6-14,21H,4-5,15-17H2,1-3H3,(H,24,27)/t21-/m1/s1. The van der Waals surface area contributed by atoms with Gasteiger partial charge in [0, 0.05) is 25.9 Å². The number of carbonyl (C=O) groups excluding carboxylic acids is 2. The van der Waals surface area contributed by atoms with Crippen LogP contribution >= 0.6 is 0 Å². The number of rotatable bonds is 9. The summed E-state index contributed by atoms with van der Waals surface area (Å²) in [4.78, 5) is 27.5. The highest BCUT2D eigenvalue weighted by Gasteiger charge is 2.29. The second kappa shape index (κ2) is 10.5. The summed E-state index contributed by atoms with van der Waals surface area (Å²) in [5.41, 5.74) is 3.24. The van der Waals surface area contributed by atoms with Crippen molar-refractivity contribution in [3.8, 4) is 0 Å². The van der Waals surface area contributed by atoms with Crippen LogP contribution < -0.4 is 5.32 Å². The zero-order valence-electron chi connectivity index (χ0n) is 16.6. The van der Waals surface area contributed by atoms with E-state index in [1.54, 1.807) is 4.90 Å². The Bertz CT molecular complexity index is 743. The fourth-order valence-corrected chi connectivity index (χ4v) is 3.09. The molecule has 0 heterocycles. The Labute approximate surface area is 162 Å².